The first-order chi connectivity index (χ1) is 9.30. The number of benzene rings is 1. The summed E-state index contributed by atoms with van der Waals surface area (Å²) in [7, 11) is 0. The Bertz CT molecular complexity index is 423. The fourth-order valence-electron chi connectivity index (χ4n) is 2.30. The predicted octanol–water partition coefficient (Wildman–Crippen LogP) is 4.85. The van der Waals surface area contributed by atoms with E-state index in [1.165, 1.54) is 11.3 Å². The zero-order valence-electron chi connectivity index (χ0n) is 13.8. The molecule has 1 aromatic rings. The van der Waals surface area contributed by atoms with Crippen LogP contribution in [-0.4, -0.2) is 18.1 Å². The van der Waals surface area contributed by atoms with Crippen LogP contribution < -0.4 is 10.2 Å². The van der Waals surface area contributed by atoms with Crippen LogP contribution in [0, 0.1) is 0 Å². The number of nitrogens with one attached hydrogen (secondary N) is 1. The molecule has 0 saturated carbocycles. The summed E-state index contributed by atoms with van der Waals surface area (Å²) in [4.78, 5) is 2.40. The topological polar surface area (TPSA) is 15.3 Å². The first kappa shape index (κ1) is 17.3. The van der Waals surface area contributed by atoms with Crippen LogP contribution in [0.25, 0.3) is 0 Å². The lowest BCUT2D eigenvalue weighted by Gasteiger charge is -2.33. The first-order valence-corrected chi connectivity index (χ1v) is 7.97. The van der Waals surface area contributed by atoms with Gasteiger partial charge in [0.25, 0.3) is 0 Å². The van der Waals surface area contributed by atoms with Gasteiger partial charge in [0.05, 0.1) is 10.7 Å². The Kier molecular flexibility index (Phi) is 6.35. The fourth-order valence-corrected chi connectivity index (χ4v) is 2.60. The summed E-state index contributed by atoms with van der Waals surface area (Å²) in [5.74, 6) is 0. The van der Waals surface area contributed by atoms with Crippen LogP contribution in [-0.2, 0) is 6.54 Å². The minimum atomic E-state index is 0.104. The van der Waals surface area contributed by atoms with E-state index in [2.05, 4.69) is 57.8 Å². The van der Waals surface area contributed by atoms with Crippen molar-refractivity contribution in [3.05, 3.63) is 28.8 Å². The van der Waals surface area contributed by atoms with Gasteiger partial charge in [0.2, 0.25) is 0 Å². The van der Waals surface area contributed by atoms with Crippen molar-refractivity contribution in [3.63, 3.8) is 0 Å². The number of hydrogen-bond acceptors (Lipinski definition) is 2. The molecule has 2 nitrogen and oxygen atoms in total. The molecule has 0 amide bonds. The molecule has 20 heavy (non-hydrogen) atoms. The number of rotatable bonds is 6. The molecule has 0 saturated heterocycles. The summed E-state index contributed by atoms with van der Waals surface area (Å²) in [6.07, 6.45) is 1.12. The third-order valence-corrected chi connectivity index (χ3v) is 3.94. The maximum absolute atomic E-state index is 6.48. The van der Waals surface area contributed by atoms with Crippen molar-refractivity contribution in [2.75, 3.05) is 11.4 Å². The molecule has 0 aromatic heterocycles. The normalized spacial score (nSPS) is 13.3. The van der Waals surface area contributed by atoms with Gasteiger partial charge in [0, 0.05) is 24.7 Å². The van der Waals surface area contributed by atoms with Crippen molar-refractivity contribution in [2.24, 2.45) is 0 Å². The highest BCUT2D eigenvalue weighted by atomic mass is 35.5. The molecule has 0 aliphatic heterocycles. The Labute approximate surface area is 129 Å². The zero-order chi connectivity index (χ0) is 15.3. The van der Waals surface area contributed by atoms with Gasteiger partial charge in [0.1, 0.15) is 0 Å². The van der Waals surface area contributed by atoms with Gasteiger partial charge in [-0.05, 0) is 52.7 Å². The second kappa shape index (κ2) is 7.33. The maximum atomic E-state index is 6.48. The fraction of sp³-hybridized carbons (Fsp3) is 0.647. The van der Waals surface area contributed by atoms with E-state index in [-0.39, 0.29) is 5.54 Å². The van der Waals surface area contributed by atoms with Gasteiger partial charge in [-0.2, -0.15) is 0 Å². The lowest BCUT2D eigenvalue weighted by atomic mass is 10.1. The molecule has 1 N–H and O–H groups in total. The predicted molar refractivity (Wildman–Crippen MR) is 90.8 cm³/mol. The van der Waals surface area contributed by atoms with E-state index in [1.807, 2.05) is 12.1 Å². The monoisotopic (exact) mass is 296 g/mol. The molecule has 1 atom stereocenters. The summed E-state index contributed by atoms with van der Waals surface area (Å²) in [5.41, 5.74) is 2.56. The van der Waals surface area contributed by atoms with Crippen LogP contribution in [0.15, 0.2) is 18.2 Å². The Balaban J connectivity index is 3.09. The lowest BCUT2D eigenvalue weighted by molar-refractivity contribution is 0.424. The van der Waals surface area contributed by atoms with Crippen LogP contribution in [0.2, 0.25) is 5.02 Å². The van der Waals surface area contributed by atoms with E-state index in [0.717, 1.165) is 24.5 Å². The third kappa shape index (κ3) is 4.68. The van der Waals surface area contributed by atoms with Gasteiger partial charge in [-0.3, -0.25) is 0 Å². The molecule has 0 heterocycles. The van der Waals surface area contributed by atoms with Gasteiger partial charge in [-0.1, -0.05) is 30.7 Å². The molecular weight excluding hydrogens is 268 g/mol. The standard InChI is InChI=1S/C17H29ClN2/c1-7-13(3)20(8-2)16-14(10-9-11-15(16)18)12-19-17(4,5)6/h9-11,13,19H,7-8,12H2,1-6H3. The zero-order valence-corrected chi connectivity index (χ0v) is 14.5. The molecule has 0 fully saturated rings. The average molecular weight is 297 g/mol. The number of para-hydroxylation sites is 1. The minimum Gasteiger partial charge on any atom is -0.368 e. The molecule has 0 spiro atoms. The number of anilines is 1. The quantitative estimate of drug-likeness (QED) is 0.807. The van der Waals surface area contributed by atoms with E-state index in [4.69, 9.17) is 11.6 Å². The van der Waals surface area contributed by atoms with Gasteiger partial charge < -0.3 is 10.2 Å². The van der Waals surface area contributed by atoms with Crippen molar-refractivity contribution in [2.45, 2.75) is 66.1 Å². The molecular formula is C17H29ClN2. The van der Waals surface area contributed by atoms with Crippen molar-refractivity contribution in [1.29, 1.82) is 0 Å². The summed E-state index contributed by atoms with van der Waals surface area (Å²) in [6, 6.07) is 6.69. The van der Waals surface area contributed by atoms with Crippen LogP contribution in [0.5, 0.6) is 0 Å². The second-order valence-corrected chi connectivity index (χ2v) is 6.80. The van der Waals surface area contributed by atoms with E-state index in [0.29, 0.717) is 6.04 Å². The van der Waals surface area contributed by atoms with E-state index in [1.54, 1.807) is 0 Å². The van der Waals surface area contributed by atoms with Crippen LogP contribution in [0.4, 0.5) is 5.69 Å². The summed E-state index contributed by atoms with van der Waals surface area (Å²) < 4.78 is 0. The first-order valence-electron chi connectivity index (χ1n) is 7.59. The Morgan fingerprint density at radius 2 is 1.90 bits per heavy atom. The van der Waals surface area contributed by atoms with E-state index in [9.17, 15) is 0 Å². The molecule has 114 valence electrons. The lowest BCUT2D eigenvalue weighted by Crippen LogP contribution is -2.37. The number of nitrogens with zero attached hydrogens (tertiary/aromatic N) is 1. The molecule has 1 aromatic carbocycles. The molecule has 3 heteroatoms. The van der Waals surface area contributed by atoms with Crippen molar-refractivity contribution >= 4 is 17.3 Å². The van der Waals surface area contributed by atoms with Crippen LogP contribution in [0.3, 0.4) is 0 Å². The smallest absolute Gasteiger partial charge is 0.0643 e. The highest BCUT2D eigenvalue weighted by molar-refractivity contribution is 6.33. The van der Waals surface area contributed by atoms with Gasteiger partial charge in [0.15, 0.2) is 0 Å². The second-order valence-electron chi connectivity index (χ2n) is 6.39. The van der Waals surface area contributed by atoms with Gasteiger partial charge >= 0.3 is 0 Å². The average Bonchev–Trinajstić information content (AvgIpc) is 2.38. The molecule has 1 rings (SSSR count). The molecule has 0 aliphatic carbocycles. The molecule has 0 aliphatic rings. The van der Waals surface area contributed by atoms with Gasteiger partial charge in [-0.25, -0.2) is 0 Å². The third-order valence-electron chi connectivity index (χ3n) is 3.63. The highest BCUT2D eigenvalue weighted by Crippen LogP contribution is 2.32. The number of halogens is 1. The molecule has 0 radical (unpaired) electrons. The summed E-state index contributed by atoms with van der Waals surface area (Å²) >= 11 is 6.48. The van der Waals surface area contributed by atoms with Crippen molar-refractivity contribution in [1.82, 2.24) is 5.32 Å². The summed E-state index contributed by atoms with van der Waals surface area (Å²) in [6.45, 7) is 15.0. The highest BCUT2D eigenvalue weighted by Gasteiger charge is 2.19. The molecule has 0 bridgehead atoms. The maximum Gasteiger partial charge on any atom is 0.0643 e. The van der Waals surface area contributed by atoms with Crippen LogP contribution >= 0.6 is 11.6 Å². The largest absolute Gasteiger partial charge is 0.368 e. The SMILES string of the molecule is CCC(C)N(CC)c1c(Cl)cccc1CNC(C)(C)C. The Hall–Kier alpha value is -0.730. The van der Waals surface area contributed by atoms with Crippen molar-refractivity contribution < 1.29 is 0 Å². The van der Waals surface area contributed by atoms with Gasteiger partial charge in [-0.15, -0.1) is 0 Å². The summed E-state index contributed by atoms with van der Waals surface area (Å²) in [5, 5.41) is 4.40. The minimum absolute atomic E-state index is 0.104. The van der Waals surface area contributed by atoms with Crippen molar-refractivity contribution in [3.8, 4) is 0 Å². The Morgan fingerprint density at radius 3 is 2.40 bits per heavy atom. The van der Waals surface area contributed by atoms with E-state index >= 15 is 0 Å². The Morgan fingerprint density at radius 1 is 1.25 bits per heavy atom. The molecule has 1 unspecified atom stereocenters. The van der Waals surface area contributed by atoms with E-state index < -0.39 is 0 Å². The number of hydrogen-bond donors (Lipinski definition) is 1. The van der Waals surface area contributed by atoms with Crippen LogP contribution in [0.1, 0.15) is 53.5 Å².